The van der Waals surface area contributed by atoms with Crippen LogP contribution in [0, 0.1) is 0 Å². The van der Waals surface area contributed by atoms with Crippen molar-refractivity contribution in [3.05, 3.63) is 29.8 Å². The second kappa shape index (κ2) is 6.57. The monoisotopic (exact) mass is 262 g/mol. The van der Waals surface area contributed by atoms with E-state index in [2.05, 4.69) is 16.7 Å². The zero-order valence-electron chi connectivity index (χ0n) is 11.6. The summed E-state index contributed by atoms with van der Waals surface area (Å²) in [5.41, 5.74) is 1.19. The molecule has 0 saturated heterocycles. The van der Waals surface area contributed by atoms with Crippen LogP contribution >= 0.6 is 0 Å². The Labute approximate surface area is 114 Å². The van der Waals surface area contributed by atoms with Crippen LogP contribution < -0.4 is 15.4 Å². The smallest absolute Gasteiger partial charge is 0.260 e. The third-order valence-corrected chi connectivity index (χ3v) is 3.10. The molecule has 4 nitrogen and oxygen atoms in total. The zero-order valence-corrected chi connectivity index (χ0v) is 11.6. The summed E-state index contributed by atoms with van der Waals surface area (Å²) in [7, 11) is 0. The molecule has 0 heterocycles. The van der Waals surface area contributed by atoms with Crippen LogP contribution in [0.3, 0.4) is 0 Å². The molecule has 0 aliphatic heterocycles. The molecule has 1 amide bonds. The molecule has 0 aromatic heterocycles. The van der Waals surface area contributed by atoms with Gasteiger partial charge in [-0.05, 0) is 44.4 Å². The topological polar surface area (TPSA) is 50.4 Å². The zero-order chi connectivity index (χ0) is 13.7. The lowest BCUT2D eigenvalue weighted by molar-refractivity contribution is -0.127. The molecule has 1 aliphatic rings. The summed E-state index contributed by atoms with van der Waals surface area (Å²) in [4.78, 5) is 11.6. The number of nitrogens with one attached hydrogen (secondary N) is 2. The highest BCUT2D eigenvalue weighted by Gasteiger charge is 2.20. The Bertz CT molecular complexity index is 430. The van der Waals surface area contributed by atoms with Gasteiger partial charge in [0.05, 0.1) is 0 Å². The lowest BCUT2D eigenvalue weighted by Crippen LogP contribution is -2.36. The molecule has 2 N–H and O–H groups in total. The first-order chi connectivity index (χ1) is 9.19. The SMILES string of the molecule is CCNC(=O)C(C)Oc1cccc(CNC2CC2)c1. The number of carbonyl (C=O) groups excluding carboxylic acids is 1. The number of rotatable bonds is 7. The second-order valence-corrected chi connectivity index (χ2v) is 4.96. The maximum absolute atomic E-state index is 11.6. The van der Waals surface area contributed by atoms with Crippen LogP contribution in [0.4, 0.5) is 0 Å². The molecule has 1 atom stereocenters. The van der Waals surface area contributed by atoms with Crippen molar-refractivity contribution in [2.45, 2.75) is 45.4 Å². The Hall–Kier alpha value is -1.55. The normalized spacial score (nSPS) is 15.9. The lowest BCUT2D eigenvalue weighted by atomic mass is 10.2. The predicted molar refractivity (Wildman–Crippen MR) is 75.1 cm³/mol. The number of benzene rings is 1. The quantitative estimate of drug-likeness (QED) is 0.788. The van der Waals surface area contributed by atoms with Crippen molar-refractivity contribution in [1.82, 2.24) is 10.6 Å². The van der Waals surface area contributed by atoms with Crippen molar-refractivity contribution in [3.8, 4) is 5.75 Å². The van der Waals surface area contributed by atoms with E-state index in [1.165, 1.54) is 18.4 Å². The average Bonchev–Trinajstić information content (AvgIpc) is 3.21. The van der Waals surface area contributed by atoms with Crippen molar-refractivity contribution in [1.29, 1.82) is 0 Å². The maximum atomic E-state index is 11.6. The van der Waals surface area contributed by atoms with Gasteiger partial charge in [0.25, 0.3) is 5.91 Å². The van der Waals surface area contributed by atoms with Crippen LogP contribution in [-0.4, -0.2) is 24.6 Å². The Morgan fingerprint density at radius 3 is 2.95 bits per heavy atom. The van der Waals surface area contributed by atoms with E-state index >= 15 is 0 Å². The van der Waals surface area contributed by atoms with Crippen molar-refractivity contribution in [3.63, 3.8) is 0 Å². The number of amides is 1. The van der Waals surface area contributed by atoms with Crippen LogP contribution in [0.2, 0.25) is 0 Å². The van der Waals surface area contributed by atoms with Crippen molar-refractivity contribution in [2.24, 2.45) is 0 Å². The summed E-state index contributed by atoms with van der Waals surface area (Å²) in [5.74, 6) is 0.665. The van der Waals surface area contributed by atoms with Crippen LogP contribution in [-0.2, 0) is 11.3 Å². The standard InChI is InChI=1S/C15H22N2O2/c1-3-16-15(18)11(2)19-14-6-4-5-12(9-14)10-17-13-7-8-13/h4-6,9,11,13,17H,3,7-8,10H2,1-2H3,(H,16,18). The lowest BCUT2D eigenvalue weighted by Gasteiger charge is -2.14. The molecule has 19 heavy (non-hydrogen) atoms. The molecule has 0 radical (unpaired) electrons. The molecule has 1 aliphatic carbocycles. The minimum atomic E-state index is -0.466. The highest BCUT2D eigenvalue weighted by Crippen LogP contribution is 2.20. The number of ether oxygens (including phenoxy) is 1. The van der Waals surface area contributed by atoms with E-state index in [9.17, 15) is 4.79 Å². The summed E-state index contributed by atoms with van der Waals surface area (Å²) < 4.78 is 5.65. The van der Waals surface area contributed by atoms with E-state index in [4.69, 9.17) is 4.74 Å². The van der Waals surface area contributed by atoms with Gasteiger partial charge in [0, 0.05) is 19.1 Å². The van der Waals surface area contributed by atoms with Gasteiger partial charge in [-0.1, -0.05) is 12.1 Å². The first kappa shape index (κ1) is 13.9. The Balaban J connectivity index is 1.88. The van der Waals surface area contributed by atoms with Crippen LogP contribution in [0.1, 0.15) is 32.3 Å². The molecule has 1 aromatic carbocycles. The van der Waals surface area contributed by atoms with E-state index in [0.717, 1.165) is 12.3 Å². The van der Waals surface area contributed by atoms with Gasteiger partial charge in [-0.25, -0.2) is 0 Å². The molecular weight excluding hydrogens is 240 g/mol. The molecule has 0 spiro atoms. The van der Waals surface area contributed by atoms with E-state index < -0.39 is 6.10 Å². The number of carbonyl (C=O) groups is 1. The van der Waals surface area contributed by atoms with E-state index in [1.807, 2.05) is 25.1 Å². The third kappa shape index (κ3) is 4.56. The Morgan fingerprint density at radius 2 is 2.26 bits per heavy atom. The van der Waals surface area contributed by atoms with E-state index in [0.29, 0.717) is 12.6 Å². The summed E-state index contributed by atoms with van der Waals surface area (Å²) >= 11 is 0. The van der Waals surface area contributed by atoms with Crippen LogP contribution in [0.5, 0.6) is 5.75 Å². The minimum absolute atomic E-state index is 0.0796. The molecular formula is C15H22N2O2. The highest BCUT2D eigenvalue weighted by molar-refractivity contribution is 5.80. The minimum Gasteiger partial charge on any atom is -0.481 e. The fourth-order valence-corrected chi connectivity index (χ4v) is 1.85. The van der Waals surface area contributed by atoms with Crippen LogP contribution in [0.25, 0.3) is 0 Å². The fraction of sp³-hybridized carbons (Fsp3) is 0.533. The maximum Gasteiger partial charge on any atom is 0.260 e. The van der Waals surface area contributed by atoms with Gasteiger partial charge in [-0.2, -0.15) is 0 Å². The van der Waals surface area contributed by atoms with Gasteiger partial charge >= 0.3 is 0 Å². The molecule has 1 unspecified atom stereocenters. The van der Waals surface area contributed by atoms with Gasteiger partial charge in [0.1, 0.15) is 5.75 Å². The molecule has 2 rings (SSSR count). The van der Waals surface area contributed by atoms with Gasteiger partial charge in [-0.15, -0.1) is 0 Å². The summed E-state index contributed by atoms with van der Waals surface area (Å²) in [6, 6.07) is 8.60. The van der Waals surface area contributed by atoms with Gasteiger partial charge in [-0.3, -0.25) is 4.79 Å². The fourth-order valence-electron chi connectivity index (χ4n) is 1.85. The molecule has 1 aromatic rings. The number of hydrogen-bond acceptors (Lipinski definition) is 3. The van der Waals surface area contributed by atoms with Crippen LogP contribution in [0.15, 0.2) is 24.3 Å². The third-order valence-electron chi connectivity index (χ3n) is 3.10. The number of likely N-dealkylation sites (N-methyl/N-ethyl adjacent to an activating group) is 1. The van der Waals surface area contributed by atoms with E-state index in [-0.39, 0.29) is 5.91 Å². The predicted octanol–water partition coefficient (Wildman–Crippen LogP) is 1.84. The van der Waals surface area contributed by atoms with Crippen molar-refractivity contribution in [2.75, 3.05) is 6.54 Å². The van der Waals surface area contributed by atoms with Gasteiger partial charge in [0.2, 0.25) is 0 Å². The Morgan fingerprint density at radius 1 is 1.47 bits per heavy atom. The van der Waals surface area contributed by atoms with Crippen molar-refractivity contribution >= 4 is 5.91 Å². The molecule has 0 bridgehead atoms. The molecule has 4 heteroatoms. The first-order valence-electron chi connectivity index (χ1n) is 6.95. The second-order valence-electron chi connectivity index (χ2n) is 4.96. The highest BCUT2D eigenvalue weighted by atomic mass is 16.5. The van der Waals surface area contributed by atoms with E-state index in [1.54, 1.807) is 6.92 Å². The average molecular weight is 262 g/mol. The summed E-state index contributed by atoms with van der Waals surface area (Å²) in [6.07, 6.45) is 2.10. The number of hydrogen-bond donors (Lipinski definition) is 2. The van der Waals surface area contributed by atoms with Gasteiger partial charge < -0.3 is 15.4 Å². The largest absolute Gasteiger partial charge is 0.481 e. The molecule has 104 valence electrons. The van der Waals surface area contributed by atoms with Gasteiger partial charge in [0.15, 0.2) is 6.10 Å². The Kier molecular flexibility index (Phi) is 4.80. The van der Waals surface area contributed by atoms with Crippen molar-refractivity contribution < 1.29 is 9.53 Å². The summed E-state index contributed by atoms with van der Waals surface area (Å²) in [5, 5.41) is 6.21. The summed E-state index contributed by atoms with van der Waals surface area (Å²) in [6.45, 7) is 5.14. The first-order valence-corrected chi connectivity index (χ1v) is 6.95. The molecule has 1 fully saturated rings. The molecule has 1 saturated carbocycles.